The highest BCUT2D eigenvalue weighted by Crippen LogP contribution is 2.00. The lowest BCUT2D eigenvalue weighted by atomic mass is 10.2. The van der Waals surface area contributed by atoms with E-state index in [9.17, 15) is 4.79 Å². The van der Waals surface area contributed by atoms with Crippen LogP contribution in [0.25, 0.3) is 0 Å². The molecule has 0 N–H and O–H groups in total. The highest BCUT2D eigenvalue weighted by molar-refractivity contribution is 5.73. The highest BCUT2D eigenvalue weighted by Gasteiger charge is 2.05. The van der Waals surface area contributed by atoms with Gasteiger partial charge in [0.1, 0.15) is 0 Å². The summed E-state index contributed by atoms with van der Waals surface area (Å²) in [7, 11) is 0. The number of allylic oxidation sites excluding steroid dienone is 2. The van der Waals surface area contributed by atoms with Gasteiger partial charge in [-0.2, -0.15) is 0 Å². The van der Waals surface area contributed by atoms with E-state index in [2.05, 4.69) is 26.0 Å². The van der Waals surface area contributed by atoms with Crippen LogP contribution in [0.15, 0.2) is 12.2 Å². The van der Waals surface area contributed by atoms with Gasteiger partial charge < -0.3 is 4.90 Å². The summed E-state index contributed by atoms with van der Waals surface area (Å²) in [6, 6.07) is 0. The Morgan fingerprint density at radius 2 is 1.73 bits per heavy atom. The van der Waals surface area contributed by atoms with Gasteiger partial charge in [-0.25, -0.2) is 0 Å². The Kier molecular flexibility index (Phi) is 9.24. The smallest absolute Gasteiger partial charge is 0.219 e. The van der Waals surface area contributed by atoms with Gasteiger partial charge in [0, 0.05) is 20.0 Å². The second-order valence-corrected chi connectivity index (χ2v) is 3.91. The predicted octanol–water partition coefficient (Wildman–Crippen LogP) is 3.38. The lowest BCUT2D eigenvalue weighted by molar-refractivity contribution is -0.128. The molecule has 0 atom stereocenters. The Morgan fingerprint density at radius 3 is 2.27 bits per heavy atom. The Labute approximate surface area is 94.4 Å². The molecule has 0 saturated carbocycles. The fourth-order valence-corrected chi connectivity index (χ4v) is 1.50. The average molecular weight is 211 g/mol. The van der Waals surface area contributed by atoms with Gasteiger partial charge in [-0.1, -0.05) is 32.4 Å². The molecule has 0 aromatic rings. The van der Waals surface area contributed by atoms with Crippen molar-refractivity contribution < 1.29 is 4.79 Å². The van der Waals surface area contributed by atoms with Crippen molar-refractivity contribution in [3.05, 3.63) is 12.2 Å². The quantitative estimate of drug-likeness (QED) is 0.445. The van der Waals surface area contributed by atoms with E-state index in [0.29, 0.717) is 0 Å². The molecule has 88 valence electrons. The summed E-state index contributed by atoms with van der Waals surface area (Å²) in [5.41, 5.74) is 0. The first kappa shape index (κ1) is 14.2. The molecule has 0 unspecified atom stereocenters. The van der Waals surface area contributed by atoms with Crippen molar-refractivity contribution in [2.75, 3.05) is 13.1 Å². The molecule has 0 heterocycles. The molecule has 0 fully saturated rings. The molecule has 1 amide bonds. The number of carbonyl (C=O) groups excluding carboxylic acids is 1. The van der Waals surface area contributed by atoms with Crippen LogP contribution in [-0.4, -0.2) is 23.9 Å². The van der Waals surface area contributed by atoms with Gasteiger partial charge >= 0.3 is 0 Å². The number of hydrogen-bond acceptors (Lipinski definition) is 1. The van der Waals surface area contributed by atoms with Crippen LogP contribution in [0.2, 0.25) is 0 Å². The monoisotopic (exact) mass is 211 g/mol. The normalized spacial score (nSPS) is 10.9. The van der Waals surface area contributed by atoms with E-state index in [-0.39, 0.29) is 5.91 Å². The molecule has 0 aromatic heterocycles. The zero-order chi connectivity index (χ0) is 11.5. The van der Waals surface area contributed by atoms with Gasteiger partial charge in [0.25, 0.3) is 0 Å². The van der Waals surface area contributed by atoms with E-state index in [1.165, 1.54) is 12.8 Å². The van der Waals surface area contributed by atoms with Crippen LogP contribution in [0.1, 0.15) is 52.9 Å². The van der Waals surface area contributed by atoms with Gasteiger partial charge in [-0.15, -0.1) is 0 Å². The van der Waals surface area contributed by atoms with E-state index < -0.39 is 0 Å². The minimum absolute atomic E-state index is 0.203. The first-order valence-corrected chi connectivity index (χ1v) is 6.12. The van der Waals surface area contributed by atoms with Crippen molar-refractivity contribution in [1.29, 1.82) is 0 Å². The van der Waals surface area contributed by atoms with Crippen LogP contribution in [-0.2, 0) is 4.79 Å². The van der Waals surface area contributed by atoms with Gasteiger partial charge in [-0.05, 0) is 25.7 Å². The summed E-state index contributed by atoms with van der Waals surface area (Å²) in [5.74, 6) is 0.203. The van der Waals surface area contributed by atoms with Gasteiger partial charge in [-0.3, -0.25) is 4.79 Å². The first-order valence-electron chi connectivity index (χ1n) is 6.12. The van der Waals surface area contributed by atoms with E-state index in [0.717, 1.165) is 32.4 Å². The summed E-state index contributed by atoms with van der Waals surface area (Å²) in [6.07, 6.45) is 10.1. The molecule has 0 spiro atoms. The van der Waals surface area contributed by atoms with Crippen LogP contribution in [0.3, 0.4) is 0 Å². The second-order valence-electron chi connectivity index (χ2n) is 3.91. The molecule has 0 aliphatic heterocycles. The Bertz CT molecular complexity index is 187. The second kappa shape index (κ2) is 9.75. The number of amides is 1. The number of rotatable bonds is 8. The minimum Gasteiger partial charge on any atom is -0.343 e. The predicted molar refractivity (Wildman–Crippen MR) is 65.8 cm³/mol. The maximum atomic E-state index is 11.2. The SMILES string of the molecule is CCCC=CCCCN(CCC)C(C)=O. The Hall–Kier alpha value is -0.790. The number of hydrogen-bond donors (Lipinski definition) is 0. The van der Waals surface area contributed by atoms with Gasteiger partial charge in [0.15, 0.2) is 0 Å². The van der Waals surface area contributed by atoms with Crippen molar-refractivity contribution in [1.82, 2.24) is 4.90 Å². The number of carbonyl (C=O) groups is 1. The maximum absolute atomic E-state index is 11.2. The standard InChI is InChI=1S/C13H25NO/c1-4-6-7-8-9-10-12-14(11-5-2)13(3)15/h7-8H,4-6,9-12H2,1-3H3. The summed E-state index contributed by atoms with van der Waals surface area (Å²) >= 11 is 0. The Balaban J connectivity index is 3.57. The molecule has 0 radical (unpaired) electrons. The molecule has 0 aromatic carbocycles. The van der Waals surface area contributed by atoms with Crippen LogP contribution in [0.5, 0.6) is 0 Å². The molecule has 0 rings (SSSR count). The van der Waals surface area contributed by atoms with Crippen LogP contribution >= 0.6 is 0 Å². The fourth-order valence-electron chi connectivity index (χ4n) is 1.50. The number of unbranched alkanes of at least 4 members (excludes halogenated alkanes) is 2. The van der Waals surface area contributed by atoms with Crippen molar-refractivity contribution in [3.63, 3.8) is 0 Å². The summed E-state index contributed by atoms with van der Waals surface area (Å²) in [6.45, 7) is 7.75. The average Bonchev–Trinajstić information content (AvgIpc) is 2.21. The fraction of sp³-hybridized carbons (Fsp3) is 0.769. The van der Waals surface area contributed by atoms with E-state index >= 15 is 0 Å². The minimum atomic E-state index is 0.203. The molecule has 2 nitrogen and oxygen atoms in total. The van der Waals surface area contributed by atoms with E-state index in [1.807, 2.05) is 4.90 Å². The van der Waals surface area contributed by atoms with Crippen molar-refractivity contribution in [2.24, 2.45) is 0 Å². The van der Waals surface area contributed by atoms with Crippen LogP contribution < -0.4 is 0 Å². The molecular weight excluding hydrogens is 186 g/mol. The van der Waals surface area contributed by atoms with Gasteiger partial charge in [0.2, 0.25) is 5.91 Å². The van der Waals surface area contributed by atoms with Crippen LogP contribution in [0.4, 0.5) is 0 Å². The number of nitrogens with zero attached hydrogens (tertiary/aromatic N) is 1. The molecule has 0 aliphatic carbocycles. The lowest BCUT2D eigenvalue weighted by Crippen LogP contribution is -2.30. The third-order valence-corrected chi connectivity index (χ3v) is 2.36. The molecule has 0 bridgehead atoms. The largest absolute Gasteiger partial charge is 0.343 e. The Morgan fingerprint density at radius 1 is 1.07 bits per heavy atom. The third-order valence-electron chi connectivity index (χ3n) is 2.36. The zero-order valence-corrected chi connectivity index (χ0v) is 10.5. The zero-order valence-electron chi connectivity index (χ0n) is 10.5. The van der Waals surface area contributed by atoms with Crippen molar-refractivity contribution >= 4 is 5.91 Å². The summed E-state index contributed by atoms with van der Waals surface area (Å²) in [4.78, 5) is 13.1. The first-order chi connectivity index (χ1) is 7.22. The van der Waals surface area contributed by atoms with Crippen molar-refractivity contribution in [2.45, 2.75) is 52.9 Å². The molecule has 15 heavy (non-hydrogen) atoms. The molecule has 0 aliphatic rings. The summed E-state index contributed by atoms with van der Waals surface area (Å²) in [5, 5.41) is 0. The van der Waals surface area contributed by atoms with Crippen LogP contribution in [0, 0.1) is 0 Å². The molecule has 2 heteroatoms. The lowest BCUT2D eigenvalue weighted by Gasteiger charge is -2.19. The molecule has 0 saturated heterocycles. The highest BCUT2D eigenvalue weighted by atomic mass is 16.2. The maximum Gasteiger partial charge on any atom is 0.219 e. The van der Waals surface area contributed by atoms with E-state index in [4.69, 9.17) is 0 Å². The molecular formula is C13H25NO. The topological polar surface area (TPSA) is 20.3 Å². The van der Waals surface area contributed by atoms with Gasteiger partial charge in [0.05, 0.1) is 0 Å². The third kappa shape index (κ3) is 8.22. The summed E-state index contributed by atoms with van der Waals surface area (Å²) < 4.78 is 0. The van der Waals surface area contributed by atoms with Crippen molar-refractivity contribution in [3.8, 4) is 0 Å². The van der Waals surface area contributed by atoms with E-state index in [1.54, 1.807) is 6.92 Å².